The van der Waals surface area contributed by atoms with Gasteiger partial charge >= 0.3 is 0 Å². The molecule has 0 radical (unpaired) electrons. The largest absolute Gasteiger partial charge is 0.788 e. The summed E-state index contributed by atoms with van der Waals surface area (Å²) in [6, 6.07) is 0. The molecule has 1 unspecified atom stereocenters. The Bertz CT molecular complexity index is 167. The number of aliphatic hydroxyl groups is 1. The van der Waals surface area contributed by atoms with Crippen LogP contribution in [0.3, 0.4) is 0 Å². The standard InChI is InChI=1S/C15H32NO3/c1-2-3-4-5-6-7-8-9-10-11-12-19-14-15(17)13-16-18/h15-17H,2-14H2,1H3/q-1. The van der Waals surface area contributed by atoms with Gasteiger partial charge in [0.05, 0.1) is 12.7 Å². The Morgan fingerprint density at radius 3 is 2.00 bits per heavy atom. The molecule has 2 N–H and O–H groups in total. The molecule has 0 aliphatic rings. The predicted molar refractivity (Wildman–Crippen MR) is 80.0 cm³/mol. The van der Waals surface area contributed by atoms with Gasteiger partial charge in [-0.15, -0.1) is 0 Å². The lowest BCUT2D eigenvalue weighted by Gasteiger charge is -2.14. The second-order valence-electron chi connectivity index (χ2n) is 5.26. The molecule has 0 saturated heterocycles. The van der Waals surface area contributed by atoms with Crippen LogP contribution in [0.15, 0.2) is 0 Å². The predicted octanol–water partition coefficient (Wildman–Crippen LogP) is 3.37. The van der Waals surface area contributed by atoms with Crippen LogP contribution in [0.4, 0.5) is 0 Å². The molecular formula is C15H32NO3-. The number of nitrogens with one attached hydrogen (secondary N) is 1. The lowest BCUT2D eigenvalue weighted by atomic mass is 10.1. The van der Waals surface area contributed by atoms with Gasteiger partial charge in [0.15, 0.2) is 0 Å². The van der Waals surface area contributed by atoms with E-state index in [-0.39, 0.29) is 13.2 Å². The van der Waals surface area contributed by atoms with Crippen LogP contribution < -0.4 is 5.48 Å². The van der Waals surface area contributed by atoms with Crippen molar-refractivity contribution < 1.29 is 9.84 Å². The summed E-state index contributed by atoms with van der Waals surface area (Å²) in [5.41, 5.74) is 1.68. The molecule has 0 fully saturated rings. The summed E-state index contributed by atoms with van der Waals surface area (Å²) in [7, 11) is 0. The number of aliphatic hydroxyl groups excluding tert-OH is 1. The molecule has 0 aromatic rings. The third-order valence-electron chi connectivity index (χ3n) is 3.27. The van der Waals surface area contributed by atoms with Gasteiger partial charge in [0.25, 0.3) is 0 Å². The highest BCUT2D eigenvalue weighted by atomic mass is 16.5. The van der Waals surface area contributed by atoms with E-state index in [4.69, 9.17) is 4.74 Å². The number of hydrogen-bond acceptors (Lipinski definition) is 4. The molecule has 1 atom stereocenters. The molecule has 0 aromatic carbocycles. The maximum absolute atomic E-state index is 9.99. The molecule has 0 aliphatic carbocycles. The normalized spacial score (nSPS) is 12.8. The number of hydrogen-bond donors (Lipinski definition) is 2. The summed E-state index contributed by atoms with van der Waals surface area (Å²) >= 11 is 0. The van der Waals surface area contributed by atoms with E-state index in [9.17, 15) is 10.3 Å². The van der Waals surface area contributed by atoms with Gasteiger partial charge in [-0.05, 0) is 6.42 Å². The fourth-order valence-electron chi connectivity index (χ4n) is 2.07. The van der Waals surface area contributed by atoms with Crippen molar-refractivity contribution in [2.45, 2.75) is 77.2 Å². The van der Waals surface area contributed by atoms with Crippen LogP contribution >= 0.6 is 0 Å². The smallest absolute Gasteiger partial charge is 0.0888 e. The highest BCUT2D eigenvalue weighted by Crippen LogP contribution is 2.10. The Balaban J connectivity index is 2.99. The Morgan fingerprint density at radius 2 is 1.47 bits per heavy atom. The molecule has 116 valence electrons. The molecule has 0 amide bonds. The first kappa shape index (κ1) is 18.8. The van der Waals surface area contributed by atoms with Gasteiger partial charge in [-0.25, -0.2) is 0 Å². The molecular weight excluding hydrogens is 242 g/mol. The zero-order valence-electron chi connectivity index (χ0n) is 12.5. The van der Waals surface area contributed by atoms with Gasteiger partial charge in [-0.2, -0.15) is 0 Å². The van der Waals surface area contributed by atoms with E-state index in [2.05, 4.69) is 6.92 Å². The van der Waals surface area contributed by atoms with Crippen molar-refractivity contribution in [1.29, 1.82) is 0 Å². The van der Waals surface area contributed by atoms with Crippen LogP contribution in [0.5, 0.6) is 0 Å². The summed E-state index contributed by atoms with van der Waals surface area (Å²) in [6.07, 6.45) is 12.4. The first-order chi connectivity index (χ1) is 9.31. The Hall–Kier alpha value is -0.160. The third-order valence-corrected chi connectivity index (χ3v) is 3.27. The molecule has 19 heavy (non-hydrogen) atoms. The first-order valence-corrected chi connectivity index (χ1v) is 7.92. The van der Waals surface area contributed by atoms with Gasteiger partial charge < -0.3 is 20.5 Å². The Kier molecular flexibility index (Phi) is 15.8. The van der Waals surface area contributed by atoms with E-state index in [1.807, 2.05) is 0 Å². The number of ether oxygens (including phenoxy) is 1. The summed E-state index contributed by atoms with van der Waals surface area (Å²) in [5, 5.41) is 19.2. The minimum absolute atomic E-state index is 0.0536. The molecule has 0 aromatic heterocycles. The number of unbranched alkanes of at least 4 members (excludes halogenated alkanes) is 9. The van der Waals surface area contributed by atoms with Crippen LogP contribution in [0.2, 0.25) is 0 Å². The third kappa shape index (κ3) is 15.8. The van der Waals surface area contributed by atoms with Gasteiger partial charge in [0, 0.05) is 13.2 Å². The minimum atomic E-state index is -0.680. The van der Waals surface area contributed by atoms with Gasteiger partial charge in [-0.3, -0.25) is 0 Å². The van der Waals surface area contributed by atoms with E-state index < -0.39 is 6.10 Å². The van der Waals surface area contributed by atoms with Gasteiger partial charge in [0.1, 0.15) is 0 Å². The Morgan fingerprint density at radius 1 is 0.947 bits per heavy atom. The minimum Gasteiger partial charge on any atom is -0.788 e. The van der Waals surface area contributed by atoms with E-state index in [1.54, 1.807) is 5.48 Å². The fraction of sp³-hybridized carbons (Fsp3) is 1.00. The van der Waals surface area contributed by atoms with Crippen LogP contribution in [-0.4, -0.2) is 31.0 Å². The van der Waals surface area contributed by atoms with E-state index in [0.717, 1.165) is 6.42 Å². The molecule has 0 aliphatic heterocycles. The van der Waals surface area contributed by atoms with Crippen molar-refractivity contribution in [2.24, 2.45) is 0 Å². The topological polar surface area (TPSA) is 64.5 Å². The van der Waals surface area contributed by atoms with E-state index >= 15 is 0 Å². The lowest BCUT2D eigenvalue weighted by Crippen LogP contribution is -2.27. The molecule has 4 heteroatoms. The Labute approximate surface area is 118 Å². The quantitative estimate of drug-likeness (QED) is 0.355. The summed E-state index contributed by atoms with van der Waals surface area (Å²) in [6.45, 7) is 3.25. The maximum Gasteiger partial charge on any atom is 0.0888 e. The average molecular weight is 274 g/mol. The second-order valence-corrected chi connectivity index (χ2v) is 5.26. The molecule has 4 nitrogen and oxygen atoms in total. The van der Waals surface area contributed by atoms with Crippen LogP contribution in [0.1, 0.15) is 71.1 Å². The molecule has 0 saturated carbocycles. The van der Waals surface area contributed by atoms with Crippen molar-refractivity contribution in [3.63, 3.8) is 0 Å². The highest BCUT2D eigenvalue weighted by Gasteiger charge is 2.00. The van der Waals surface area contributed by atoms with Crippen molar-refractivity contribution in [3.05, 3.63) is 5.21 Å². The van der Waals surface area contributed by atoms with Crippen LogP contribution in [-0.2, 0) is 4.74 Å². The average Bonchev–Trinajstić information content (AvgIpc) is 2.40. The lowest BCUT2D eigenvalue weighted by molar-refractivity contribution is 0.0370. The van der Waals surface area contributed by atoms with Crippen molar-refractivity contribution in [2.75, 3.05) is 19.8 Å². The van der Waals surface area contributed by atoms with Crippen LogP contribution in [0, 0.1) is 5.21 Å². The molecule has 0 rings (SSSR count). The van der Waals surface area contributed by atoms with E-state index in [0.29, 0.717) is 6.61 Å². The van der Waals surface area contributed by atoms with Crippen molar-refractivity contribution >= 4 is 0 Å². The van der Waals surface area contributed by atoms with Crippen molar-refractivity contribution in [3.8, 4) is 0 Å². The summed E-state index contributed by atoms with van der Waals surface area (Å²) in [5.74, 6) is 0. The highest BCUT2D eigenvalue weighted by molar-refractivity contribution is 4.57. The van der Waals surface area contributed by atoms with E-state index in [1.165, 1.54) is 57.8 Å². The molecule has 0 spiro atoms. The zero-order chi connectivity index (χ0) is 14.2. The van der Waals surface area contributed by atoms with Gasteiger partial charge in [-0.1, -0.05) is 64.7 Å². The molecule has 0 heterocycles. The monoisotopic (exact) mass is 274 g/mol. The zero-order valence-corrected chi connectivity index (χ0v) is 12.5. The van der Waals surface area contributed by atoms with Crippen LogP contribution in [0.25, 0.3) is 0 Å². The number of hydroxylamine groups is 1. The fourth-order valence-corrected chi connectivity index (χ4v) is 2.07. The molecule has 0 bridgehead atoms. The summed E-state index contributed by atoms with van der Waals surface area (Å²) in [4.78, 5) is 0. The second kappa shape index (κ2) is 15.9. The summed E-state index contributed by atoms with van der Waals surface area (Å²) < 4.78 is 5.29. The van der Waals surface area contributed by atoms with Gasteiger partial charge in [0.2, 0.25) is 0 Å². The SMILES string of the molecule is CCCCCCCCCCCCOCC(O)CN[O-]. The number of rotatable bonds is 15. The maximum atomic E-state index is 9.99. The first-order valence-electron chi connectivity index (χ1n) is 7.92. The van der Waals surface area contributed by atoms with Crippen molar-refractivity contribution in [1.82, 2.24) is 5.48 Å².